The smallest absolute Gasteiger partial charge is 0.306 e. The molecule has 9 nitrogen and oxygen atoms in total. The summed E-state index contributed by atoms with van der Waals surface area (Å²) >= 11 is 0. The molecule has 0 spiro atoms. The zero-order valence-electron chi connectivity index (χ0n) is 38.2. The molecule has 1 aromatic rings. The van der Waals surface area contributed by atoms with Crippen LogP contribution in [0.25, 0.3) is 0 Å². The highest BCUT2D eigenvalue weighted by Crippen LogP contribution is 2.39. The van der Waals surface area contributed by atoms with Crippen molar-refractivity contribution in [2.24, 2.45) is 0 Å². The topological polar surface area (TPSA) is 106 Å². The van der Waals surface area contributed by atoms with Gasteiger partial charge >= 0.3 is 5.97 Å². The number of unbranched alkanes of at least 4 members (excludes halogenated alkanes) is 26. The molecule has 0 aliphatic heterocycles. The predicted molar refractivity (Wildman–Crippen MR) is 241 cm³/mol. The number of benzene rings is 1. The van der Waals surface area contributed by atoms with E-state index >= 15 is 0 Å². The highest BCUT2D eigenvalue weighted by Gasteiger charge is 2.20. The van der Waals surface area contributed by atoms with Crippen molar-refractivity contribution in [1.82, 2.24) is 5.32 Å². The first-order valence-corrected chi connectivity index (χ1v) is 25.5. The molecule has 0 radical (unpaired) electrons. The number of carbonyl (C=O) groups excluding carboxylic acids is 1. The van der Waals surface area contributed by atoms with E-state index in [9.17, 15) is 14.3 Å². The number of rotatable bonds is 44. The van der Waals surface area contributed by atoms with Gasteiger partial charge < -0.3 is 33.2 Å². The van der Waals surface area contributed by atoms with Crippen LogP contribution in [0.5, 0.6) is 0 Å². The van der Waals surface area contributed by atoms with Crippen LogP contribution in [0.2, 0.25) is 0 Å². The van der Waals surface area contributed by atoms with Crippen LogP contribution >= 0.6 is 7.82 Å². The minimum absolute atomic E-state index is 0.0890. The molecule has 0 bridgehead atoms. The van der Waals surface area contributed by atoms with Gasteiger partial charge in [-0.2, -0.15) is 0 Å². The molecule has 0 aliphatic rings. The minimum atomic E-state index is -4.43. The van der Waals surface area contributed by atoms with Crippen LogP contribution in [0.1, 0.15) is 199 Å². The van der Waals surface area contributed by atoms with E-state index in [1.54, 1.807) is 0 Å². The third-order valence-corrected chi connectivity index (χ3v) is 11.9. The number of esters is 1. The standard InChI is InChI=1S/C48H91N2O7P/c1-5-6-7-8-9-10-11-12-17-20-23-26-29-35-41-54-45-47(57-58(52,53)56-42-40-50(2,3)4)43-49-39-34-28-25-22-19-16-14-13-15-18-21-24-27-33-38-48(51)55-44-46-36-31-30-32-37-46/h30-32,36-37,47,49H,5-29,33-35,38-45H2,1-4H3. The van der Waals surface area contributed by atoms with E-state index in [1.165, 1.54) is 148 Å². The van der Waals surface area contributed by atoms with Gasteiger partial charge in [0.15, 0.2) is 0 Å². The molecule has 1 aromatic carbocycles. The Morgan fingerprint density at radius 2 is 1.12 bits per heavy atom. The lowest BCUT2D eigenvalue weighted by Crippen LogP contribution is -2.38. The van der Waals surface area contributed by atoms with Crippen LogP contribution in [0.15, 0.2) is 30.3 Å². The average molecular weight is 839 g/mol. The maximum atomic E-state index is 12.6. The van der Waals surface area contributed by atoms with Crippen molar-refractivity contribution in [3.63, 3.8) is 0 Å². The number of nitrogens with one attached hydrogen (secondary N) is 1. The first-order chi connectivity index (χ1) is 28.1. The fourth-order valence-electron chi connectivity index (χ4n) is 7.09. The summed E-state index contributed by atoms with van der Waals surface area (Å²) in [6, 6.07) is 9.85. The molecular formula is C48H91N2O7P. The number of nitrogens with zero attached hydrogens (tertiary/aromatic N) is 1. The number of phosphoric acid groups is 1. The summed E-state index contributed by atoms with van der Waals surface area (Å²) in [6.45, 7) is 5.45. The predicted octanol–water partition coefficient (Wildman–Crippen LogP) is 12.2. The molecule has 0 aliphatic carbocycles. The van der Waals surface area contributed by atoms with Crippen LogP contribution < -0.4 is 10.2 Å². The van der Waals surface area contributed by atoms with Gasteiger partial charge in [0, 0.05) is 19.6 Å². The molecule has 1 N–H and O–H groups in total. The van der Waals surface area contributed by atoms with E-state index in [0.29, 0.717) is 37.2 Å². The maximum Gasteiger partial charge on any atom is 0.306 e. The van der Waals surface area contributed by atoms with E-state index in [4.69, 9.17) is 18.5 Å². The van der Waals surface area contributed by atoms with Gasteiger partial charge in [0.1, 0.15) is 25.9 Å². The SMILES string of the molecule is CCCCCCCCCCCCCCCCOCC(CNCCCCCCCCCCCCCCCCC(=O)OCc1ccccc1)OP(=O)([O-])OCC[N+](C)(C)C. The molecule has 2 atom stereocenters. The second-order valence-corrected chi connectivity index (χ2v) is 19.1. The first kappa shape index (κ1) is 54.7. The highest BCUT2D eigenvalue weighted by molar-refractivity contribution is 7.45. The number of ether oxygens (including phenoxy) is 2. The van der Waals surface area contributed by atoms with Crippen molar-refractivity contribution >= 4 is 13.8 Å². The first-order valence-electron chi connectivity index (χ1n) is 24.0. The number of quaternary nitrogens is 1. The Labute approximate surface area is 357 Å². The van der Waals surface area contributed by atoms with Crippen LogP contribution in [0.4, 0.5) is 0 Å². The number of phosphoric ester groups is 1. The summed E-state index contributed by atoms with van der Waals surface area (Å²) in [5.74, 6) is -0.0890. The molecule has 0 saturated heterocycles. The molecular weight excluding hydrogens is 748 g/mol. The van der Waals surface area contributed by atoms with Crippen LogP contribution in [-0.4, -0.2) is 77.2 Å². The quantitative estimate of drug-likeness (QED) is 0.0300. The third-order valence-electron chi connectivity index (χ3n) is 10.8. The van der Waals surface area contributed by atoms with Crippen LogP contribution in [0, 0.1) is 0 Å². The molecule has 0 heterocycles. The van der Waals surface area contributed by atoms with Gasteiger partial charge in [-0.25, -0.2) is 0 Å². The normalized spacial score (nSPS) is 13.5. The van der Waals surface area contributed by atoms with Crippen molar-refractivity contribution in [3.8, 4) is 0 Å². The number of hydrogen-bond acceptors (Lipinski definition) is 8. The largest absolute Gasteiger partial charge is 0.756 e. The van der Waals surface area contributed by atoms with Gasteiger partial charge in [0.25, 0.3) is 7.82 Å². The Kier molecular flexibility index (Phi) is 36.4. The highest BCUT2D eigenvalue weighted by atomic mass is 31.2. The van der Waals surface area contributed by atoms with Crippen molar-refractivity contribution < 1.29 is 37.3 Å². The Morgan fingerprint density at radius 1 is 0.655 bits per heavy atom. The molecule has 340 valence electrons. The fourth-order valence-corrected chi connectivity index (χ4v) is 7.96. The Hall–Kier alpha value is -1.32. The second kappa shape index (κ2) is 38.6. The molecule has 10 heteroatoms. The summed E-state index contributed by atoms with van der Waals surface area (Å²) in [5.41, 5.74) is 1.04. The molecule has 0 fully saturated rings. The lowest BCUT2D eigenvalue weighted by atomic mass is 10.0. The lowest BCUT2D eigenvalue weighted by Gasteiger charge is -2.30. The van der Waals surface area contributed by atoms with Crippen molar-refractivity contribution in [1.29, 1.82) is 0 Å². The van der Waals surface area contributed by atoms with Gasteiger partial charge in [-0.1, -0.05) is 198 Å². The summed E-state index contributed by atoms with van der Waals surface area (Å²) < 4.78 is 35.2. The van der Waals surface area contributed by atoms with E-state index in [2.05, 4.69) is 12.2 Å². The molecule has 1 rings (SSSR count). The summed E-state index contributed by atoms with van der Waals surface area (Å²) in [6.07, 6.45) is 35.4. The minimum Gasteiger partial charge on any atom is -0.756 e. The van der Waals surface area contributed by atoms with Crippen molar-refractivity contribution in [3.05, 3.63) is 35.9 Å². The summed E-state index contributed by atoms with van der Waals surface area (Å²) in [4.78, 5) is 24.6. The fraction of sp³-hybridized carbons (Fsp3) is 0.854. The summed E-state index contributed by atoms with van der Waals surface area (Å²) in [5, 5.41) is 3.41. The summed E-state index contributed by atoms with van der Waals surface area (Å²) in [7, 11) is 1.58. The Balaban J connectivity index is 2.05. The van der Waals surface area contributed by atoms with E-state index in [0.717, 1.165) is 44.2 Å². The number of carbonyl (C=O) groups is 1. The number of likely N-dealkylation sites (N-methyl/N-ethyl adjacent to an activating group) is 1. The molecule has 2 unspecified atom stereocenters. The van der Waals surface area contributed by atoms with Gasteiger partial charge in [0.05, 0.1) is 27.7 Å². The zero-order valence-corrected chi connectivity index (χ0v) is 39.1. The van der Waals surface area contributed by atoms with Gasteiger partial charge in [-0.15, -0.1) is 0 Å². The molecule has 58 heavy (non-hydrogen) atoms. The van der Waals surface area contributed by atoms with Gasteiger partial charge in [-0.3, -0.25) is 9.36 Å². The monoisotopic (exact) mass is 839 g/mol. The van der Waals surface area contributed by atoms with Gasteiger partial charge in [-0.05, 0) is 31.4 Å². The van der Waals surface area contributed by atoms with Gasteiger partial charge in [0.2, 0.25) is 0 Å². The second-order valence-electron chi connectivity index (χ2n) is 17.7. The molecule has 0 aromatic heterocycles. The maximum absolute atomic E-state index is 12.6. The third kappa shape index (κ3) is 38.9. The zero-order chi connectivity index (χ0) is 42.3. The Bertz CT molecular complexity index is 1090. The lowest BCUT2D eigenvalue weighted by molar-refractivity contribution is -0.870. The van der Waals surface area contributed by atoms with Crippen LogP contribution in [-0.2, 0) is 34.5 Å². The van der Waals surface area contributed by atoms with Crippen LogP contribution in [0.3, 0.4) is 0 Å². The number of hydrogen-bond donors (Lipinski definition) is 1. The molecule has 0 amide bonds. The van der Waals surface area contributed by atoms with E-state index < -0.39 is 13.9 Å². The molecule has 0 saturated carbocycles. The van der Waals surface area contributed by atoms with E-state index in [-0.39, 0.29) is 19.2 Å². The average Bonchev–Trinajstić information content (AvgIpc) is 3.19. The van der Waals surface area contributed by atoms with Crippen molar-refractivity contribution in [2.75, 3.05) is 60.6 Å². The van der Waals surface area contributed by atoms with Crippen molar-refractivity contribution in [2.45, 2.75) is 206 Å². The van der Waals surface area contributed by atoms with E-state index in [1.807, 2.05) is 51.5 Å². The Morgan fingerprint density at radius 3 is 1.62 bits per heavy atom.